The first kappa shape index (κ1) is 14.1. The minimum absolute atomic E-state index is 0.309. The van der Waals surface area contributed by atoms with Crippen molar-refractivity contribution in [2.75, 3.05) is 0 Å². The van der Waals surface area contributed by atoms with Crippen LogP contribution in [0.4, 0.5) is 0 Å². The summed E-state index contributed by atoms with van der Waals surface area (Å²) in [5.74, 6) is 2.15. The zero-order valence-electron chi connectivity index (χ0n) is 10.8. The molecule has 0 fully saturated rings. The molecule has 2 aromatic rings. The van der Waals surface area contributed by atoms with Gasteiger partial charge in [-0.3, -0.25) is 0 Å². The highest BCUT2D eigenvalue weighted by atomic mass is 35.5. The Kier molecular flexibility index (Phi) is 4.61. The number of ether oxygens (including phenoxy) is 1. The average molecular weight is 297 g/mol. The second-order valence-electron chi connectivity index (χ2n) is 4.09. The van der Waals surface area contributed by atoms with E-state index in [0.29, 0.717) is 23.3 Å². The van der Waals surface area contributed by atoms with Gasteiger partial charge in [-0.15, -0.1) is 11.6 Å². The molecule has 1 aromatic carbocycles. The molecule has 0 aliphatic carbocycles. The van der Waals surface area contributed by atoms with Crippen molar-refractivity contribution in [2.24, 2.45) is 0 Å². The molecule has 0 saturated heterocycles. The molecular weight excluding hydrogens is 283 g/mol. The number of benzene rings is 1. The Morgan fingerprint density at radius 2 is 2.05 bits per heavy atom. The third kappa shape index (κ3) is 3.37. The van der Waals surface area contributed by atoms with Crippen molar-refractivity contribution in [1.82, 2.24) is 9.97 Å². The quantitative estimate of drug-likeness (QED) is 0.778. The molecule has 5 heteroatoms. The van der Waals surface area contributed by atoms with Gasteiger partial charge in [0.05, 0.1) is 5.88 Å². The van der Waals surface area contributed by atoms with E-state index in [2.05, 4.69) is 9.97 Å². The number of alkyl halides is 1. The number of halogens is 2. The molecule has 0 N–H and O–H groups in total. The van der Waals surface area contributed by atoms with Crippen LogP contribution in [-0.4, -0.2) is 9.97 Å². The van der Waals surface area contributed by atoms with Crippen molar-refractivity contribution in [3.8, 4) is 11.6 Å². The fraction of sp³-hybridized carbons (Fsp3) is 0.286. The van der Waals surface area contributed by atoms with E-state index in [0.717, 1.165) is 22.6 Å². The van der Waals surface area contributed by atoms with E-state index in [1.54, 1.807) is 6.20 Å². The van der Waals surface area contributed by atoms with Crippen LogP contribution in [0.5, 0.6) is 11.6 Å². The monoisotopic (exact) mass is 296 g/mol. The van der Waals surface area contributed by atoms with Crippen molar-refractivity contribution >= 4 is 23.2 Å². The maximum atomic E-state index is 6.08. The van der Waals surface area contributed by atoms with Crippen LogP contribution in [0.25, 0.3) is 0 Å². The van der Waals surface area contributed by atoms with E-state index >= 15 is 0 Å². The minimum Gasteiger partial charge on any atom is -0.439 e. The molecule has 0 atom stereocenters. The van der Waals surface area contributed by atoms with Gasteiger partial charge < -0.3 is 4.74 Å². The van der Waals surface area contributed by atoms with E-state index < -0.39 is 0 Å². The van der Waals surface area contributed by atoms with Crippen LogP contribution in [0.1, 0.15) is 23.9 Å². The van der Waals surface area contributed by atoms with Gasteiger partial charge in [-0.2, -0.15) is 4.98 Å². The molecule has 0 bridgehead atoms. The molecule has 1 aromatic heterocycles. The maximum Gasteiger partial charge on any atom is 0.226 e. The number of hydrogen-bond donors (Lipinski definition) is 0. The fourth-order valence-corrected chi connectivity index (χ4v) is 2.09. The first-order valence-electron chi connectivity index (χ1n) is 5.98. The smallest absolute Gasteiger partial charge is 0.226 e. The lowest BCUT2D eigenvalue weighted by molar-refractivity contribution is 0.454. The molecule has 0 aliphatic rings. The Bertz CT molecular complexity index is 588. The molecule has 0 unspecified atom stereocenters. The van der Waals surface area contributed by atoms with Crippen LogP contribution in [0, 0.1) is 6.92 Å². The summed E-state index contributed by atoms with van der Waals surface area (Å²) in [7, 11) is 0. The Balaban J connectivity index is 2.33. The number of hydrogen-bond acceptors (Lipinski definition) is 3. The van der Waals surface area contributed by atoms with Crippen molar-refractivity contribution in [3.05, 3.63) is 46.4 Å². The summed E-state index contributed by atoms with van der Waals surface area (Å²) < 4.78 is 5.78. The lowest BCUT2D eigenvalue weighted by Crippen LogP contribution is -1.98. The van der Waals surface area contributed by atoms with Gasteiger partial charge in [-0.25, -0.2) is 4.98 Å². The zero-order chi connectivity index (χ0) is 13.8. The van der Waals surface area contributed by atoms with E-state index in [1.165, 1.54) is 0 Å². The highest BCUT2D eigenvalue weighted by Gasteiger charge is 2.09. The van der Waals surface area contributed by atoms with Crippen molar-refractivity contribution in [3.63, 3.8) is 0 Å². The predicted molar refractivity (Wildman–Crippen MR) is 77.2 cm³/mol. The summed E-state index contributed by atoms with van der Waals surface area (Å²) in [6.07, 6.45) is 2.53. The van der Waals surface area contributed by atoms with Crippen LogP contribution in [0.15, 0.2) is 24.4 Å². The second kappa shape index (κ2) is 6.22. The summed E-state index contributed by atoms with van der Waals surface area (Å²) >= 11 is 11.9. The second-order valence-corrected chi connectivity index (χ2v) is 4.76. The number of rotatable bonds is 4. The topological polar surface area (TPSA) is 35.0 Å². The van der Waals surface area contributed by atoms with Crippen LogP contribution < -0.4 is 4.74 Å². The fourth-order valence-electron chi connectivity index (χ4n) is 1.65. The third-order valence-corrected chi connectivity index (χ3v) is 3.36. The molecular formula is C14H14Cl2N2O. The highest BCUT2D eigenvalue weighted by molar-refractivity contribution is 6.31. The first-order valence-corrected chi connectivity index (χ1v) is 6.90. The van der Waals surface area contributed by atoms with Crippen molar-refractivity contribution in [2.45, 2.75) is 26.1 Å². The number of aromatic nitrogens is 2. The Morgan fingerprint density at radius 1 is 1.26 bits per heavy atom. The SMILES string of the molecule is CCc1cc(Oc2nc(C)ncc2CCl)ccc1Cl. The average Bonchev–Trinajstić information content (AvgIpc) is 2.41. The lowest BCUT2D eigenvalue weighted by atomic mass is 10.1. The summed E-state index contributed by atoms with van der Waals surface area (Å²) in [6, 6.07) is 5.55. The summed E-state index contributed by atoms with van der Waals surface area (Å²) in [6.45, 7) is 3.86. The van der Waals surface area contributed by atoms with Crippen LogP contribution >= 0.6 is 23.2 Å². The normalized spacial score (nSPS) is 10.5. The minimum atomic E-state index is 0.309. The molecule has 1 heterocycles. The van der Waals surface area contributed by atoms with Crippen LogP contribution in [0.3, 0.4) is 0 Å². The zero-order valence-corrected chi connectivity index (χ0v) is 12.3. The molecule has 3 nitrogen and oxygen atoms in total. The standard InChI is InChI=1S/C14H14Cl2N2O/c1-3-10-6-12(4-5-13(10)16)19-14-11(7-15)8-17-9(2)18-14/h4-6,8H,3,7H2,1-2H3. The third-order valence-electron chi connectivity index (χ3n) is 2.70. The van der Waals surface area contributed by atoms with Gasteiger partial charge in [-0.05, 0) is 37.1 Å². The van der Waals surface area contributed by atoms with Gasteiger partial charge in [0.2, 0.25) is 5.88 Å². The van der Waals surface area contributed by atoms with Crippen LogP contribution in [0.2, 0.25) is 5.02 Å². The molecule has 0 spiro atoms. The number of nitrogens with zero attached hydrogens (tertiary/aromatic N) is 2. The van der Waals surface area contributed by atoms with Gasteiger partial charge in [-0.1, -0.05) is 18.5 Å². The molecule has 100 valence electrons. The van der Waals surface area contributed by atoms with Crippen LogP contribution in [-0.2, 0) is 12.3 Å². The summed E-state index contributed by atoms with van der Waals surface area (Å²) in [4.78, 5) is 8.37. The largest absolute Gasteiger partial charge is 0.439 e. The van der Waals surface area contributed by atoms with Gasteiger partial charge in [0.15, 0.2) is 0 Å². The van der Waals surface area contributed by atoms with Gasteiger partial charge in [0, 0.05) is 16.8 Å². The molecule has 0 aliphatic heterocycles. The van der Waals surface area contributed by atoms with Crippen molar-refractivity contribution < 1.29 is 4.74 Å². The Hall–Kier alpha value is -1.32. The Morgan fingerprint density at radius 3 is 2.74 bits per heavy atom. The van der Waals surface area contributed by atoms with E-state index in [-0.39, 0.29) is 0 Å². The van der Waals surface area contributed by atoms with E-state index in [9.17, 15) is 0 Å². The summed E-state index contributed by atoms with van der Waals surface area (Å²) in [5.41, 5.74) is 1.80. The van der Waals surface area contributed by atoms with Gasteiger partial charge in [0.1, 0.15) is 11.6 Å². The summed E-state index contributed by atoms with van der Waals surface area (Å²) in [5, 5.41) is 0.742. The first-order chi connectivity index (χ1) is 9.13. The van der Waals surface area contributed by atoms with Crippen molar-refractivity contribution in [1.29, 1.82) is 0 Å². The highest BCUT2D eigenvalue weighted by Crippen LogP contribution is 2.28. The van der Waals surface area contributed by atoms with Gasteiger partial charge in [0.25, 0.3) is 0 Å². The molecule has 0 saturated carbocycles. The molecule has 0 amide bonds. The van der Waals surface area contributed by atoms with E-state index in [1.807, 2.05) is 32.0 Å². The number of aryl methyl sites for hydroxylation is 2. The maximum absolute atomic E-state index is 6.08. The van der Waals surface area contributed by atoms with Gasteiger partial charge >= 0.3 is 0 Å². The predicted octanol–water partition coefficient (Wildman–Crippen LogP) is 4.53. The molecule has 2 rings (SSSR count). The molecule has 19 heavy (non-hydrogen) atoms. The Labute approximate surface area is 122 Å². The molecule has 0 radical (unpaired) electrons. The van der Waals surface area contributed by atoms with E-state index in [4.69, 9.17) is 27.9 Å². The lowest BCUT2D eigenvalue weighted by Gasteiger charge is -2.10.